The van der Waals surface area contributed by atoms with Crippen LogP contribution in [-0.2, 0) is 9.53 Å². The number of hydrogen-bond acceptors (Lipinski definition) is 6. The summed E-state index contributed by atoms with van der Waals surface area (Å²) in [5.74, 6) is 0.144. The molecule has 164 valence electrons. The Balaban J connectivity index is 1.56. The number of nitrogens with zero attached hydrogens (tertiary/aromatic N) is 3. The number of rotatable bonds is 6. The number of benzene rings is 2. The molecule has 0 spiro atoms. The van der Waals surface area contributed by atoms with Crippen LogP contribution in [0.4, 0.5) is 23.0 Å². The highest BCUT2D eigenvalue weighted by atomic mass is 35.5. The Bertz CT molecular complexity index is 1140. The summed E-state index contributed by atoms with van der Waals surface area (Å²) in [6, 6.07) is 15.4. The van der Waals surface area contributed by atoms with E-state index in [0.717, 1.165) is 36.6 Å². The van der Waals surface area contributed by atoms with Crippen molar-refractivity contribution in [3.05, 3.63) is 72.4 Å². The smallest absolute Gasteiger partial charge is 0.247 e. The van der Waals surface area contributed by atoms with Gasteiger partial charge in [-0.25, -0.2) is 9.97 Å². The van der Waals surface area contributed by atoms with E-state index in [2.05, 4.69) is 51.1 Å². The molecule has 4 rings (SSSR count). The van der Waals surface area contributed by atoms with Crippen molar-refractivity contribution in [1.29, 1.82) is 0 Å². The predicted octanol–water partition coefficient (Wildman–Crippen LogP) is 4.89. The number of aromatic nitrogens is 2. The summed E-state index contributed by atoms with van der Waals surface area (Å²) >= 11 is 6.38. The second-order valence-electron chi connectivity index (χ2n) is 7.47. The van der Waals surface area contributed by atoms with Gasteiger partial charge in [-0.3, -0.25) is 4.79 Å². The SMILES string of the molecule is C=CC(=O)Nc1cccc(-c2nc(Nc3cccc(N4CCOC(C)C4)c3)ncc2Cl)c1. The standard InChI is InChI=1S/C24H24ClN5O2/c1-3-22(31)27-18-7-4-6-17(12-18)23-21(25)14-26-24(29-23)28-19-8-5-9-20(13-19)30-10-11-32-16(2)15-30/h3-9,12-14,16H,1,10-11,15H2,2H3,(H,27,31)(H,26,28,29). The molecule has 0 bridgehead atoms. The lowest BCUT2D eigenvalue weighted by Gasteiger charge is -2.33. The van der Waals surface area contributed by atoms with Crippen molar-refractivity contribution in [3.8, 4) is 11.3 Å². The topological polar surface area (TPSA) is 79.4 Å². The van der Waals surface area contributed by atoms with E-state index in [1.165, 1.54) is 6.08 Å². The van der Waals surface area contributed by atoms with E-state index in [1.54, 1.807) is 18.3 Å². The van der Waals surface area contributed by atoms with Crippen LogP contribution in [0, 0.1) is 0 Å². The van der Waals surface area contributed by atoms with Crippen molar-refractivity contribution in [1.82, 2.24) is 9.97 Å². The lowest BCUT2D eigenvalue weighted by Crippen LogP contribution is -2.41. The first-order chi connectivity index (χ1) is 15.5. The third kappa shape index (κ3) is 5.25. The molecule has 2 N–H and O–H groups in total. The Kier molecular flexibility index (Phi) is 6.68. The summed E-state index contributed by atoms with van der Waals surface area (Å²) in [4.78, 5) is 22.9. The number of carbonyl (C=O) groups excluding carboxylic acids is 1. The van der Waals surface area contributed by atoms with E-state index in [9.17, 15) is 4.79 Å². The molecule has 1 amide bonds. The number of halogens is 1. The van der Waals surface area contributed by atoms with Gasteiger partial charge in [0.1, 0.15) is 0 Å². The van der Waals surface area contributed by atoms with Crippen molar-refractivity contribution < 1.29 is 9.53 Å². The average Bonchev–Trinajstić information content (AvgIpc) is 2.80. The van der Waals surface area contributed by atoms with E-state index >= 15 is 0 Å². The fraction of sp³-hybridized carbons (Fsp3) is 0.208. The number of morpholine rings is 1. The maximum atomic E-state index is 11.6. The molecule has 0 saturated carbocycles. The summed E-state index contributed by atoms with van der Waals surface area (Å²) in [6.45, 7) is 7.97. The molecule has 0 radical (unpaired) electrons. The van der Waals surface area contributed by atoms with Crippen LogP contribution in [0.2, 0.25) is 5.02 Å². The van der Waals surface area contributed by atoms with Crippen LogP contribution in [0.25, 0.3) is 11.3 Å². The minimum Gasteiger partial charge on any atom is -0.375 e. The van der Waals surface area contributed by atoms with Gasteiger partial charge in [0.05, 0.1) is 29.6 Å². The van der Waals surface area contributed by atoms with Crippen LogP contribution in [-0.4, -0.2) is 41.7 Å². The monoisotopic (exact) mass is 449 g/mol. The highest BCUT2D eigenvalue weighted by Gasteiger charge is 2.17. The second kappa shape index (κ2) is 9.80. The molecule has 1 atom stereocenters. The van der Waals surface area contributed by atoms with Crippen LogP contribution in [0.5, 0.6) is 0 Å². The molecule has 1 aliphatic rings. The quantitative estimate of drug-likeness (QED) is 0.521. The van der Waals surface area contributed by atoms with Gasteiger partial charge >= 0.3 is 0 Å². The van der Waals surface area contributed by atoms with Crippen LogP contribution in [0.1, 0.15) is 6.92 Å². The van der Waals surface area contributed by atoms with E-state index in [-0.39, 0.29) is 12.0 Å². The zero-order chi connectivity index (χ0) is 22.5. The normalized spacial score (nSPS) is 15.8. The molecule has 8 heteroatoms. The summed E-state index contributed by atoms with van der Waals surface area (Å²) in [6.07, 6.45) is 2.99. The van der Waals surface area contributed by atoms with Gasteiger partial charge in [-0.1, -0.05) is 36.4 Å². The fourth-order valence-corrected chi connectivity index (χ4v) is 3.73. The minimum atomic E-state index is -0.284. The predicted molar refractivity (Wildman–Crippen MR) is 129 cm³/mol. The van der Waals surface area contributed by atoms with Crippen molar-refractivity contribution in [2.75, 3.05) is 35.2 Å². The van der Waals surface area contributed by atoms with Crippen molar-refractivity contribution in [2.45, 2.75) is 13.0 Å². The average molecular weight is 450 g/mol. The molecule has 2 heterocycles. The Morgan fingerprint density at radius 2 is 2.06 bits per heavy atom. The van der Waals surface area contributed by atoms with Gasteiger partial charge in [0.2, 0.25) is 11.9 Å². The van der Waals surface area contributed by atoms with E-state index in [1.807, 2.05) is 24.3 Å². The number of hydrogen-bond donors (Lipinski definition) is 2. The summed E-state index contributed by atoms with van der Waals surface area (Å²) in [7, 11) is 0. The first-order valence-corrected chi connectivity index (χ1v) is 10.7. The van der Waals surface area contributed by atoms with E-state index in [4.69, 9.17) is 16.3 Å². The number of amides is 1. The highest BCUT2D eigenvalue weighted by molar-refractivity contribution is 6.33. The summed E-state index contributed by atoms with van der Waals surface area (Å²) < 4.78 is 5.64. The number of ether oxygens (including phenoxy) is 1. The Hall–Kier alpha value is -3.42. The largest absolute Gasteiger partial charge is 0.375 e. The molecular formula is C24H24ClN5O2. The van der Waals surface area contributed by atoms with Gasteiger partial charge < -0.3 is 20.3 Å². The summed E-state index contributed by atoms with van der Waals surface area (Å²) in [5, 5.41) is 6.43. The van der Waals surface area contributed by atoms with E-state index < -0.39 is 0 Å². The van der Waals surface area contributed by atoms with Crippen molar-refractivity contribution in [3.63, 3.8) is 0 Å². The van der Waals surface area contributed by atoms with Gasteiger partial charge in [0.25, 0.3) is 0 Å². The number of carbonyl (C=O) groups is 1. The molecule has 2 aromatic carbocycles. The molecule has 1 unspecified atom stereocenters. The molecule has 3 aromatic rings. The molecular weight excluding hydrogens is 426 g/mol. The van der Waals surface area contributed by atoms with Crippen LogP contribution in [0.3, 0.4) is 0 Å². The van der Waals surface area contributed by atoms with Gasteiger partial charge in [0, 0.05) is 35.7 Å². The van der Waals surface area contributed by atoms with Crippen LogP contribution >= 0.6 is 11.6 Å². The third-order valence-electron chi connectivity index (χ3n) is 5.04. The lowest BCUT2D eigenvalue weighted by atomic mass is 10.1. The van der Waals surface area contributed by atoms with Gasteiger partial charge in [-0.15, -0.1) is 0 Å². The minimum absolute atomic E-state index is 0.203. The molecule has 32 heavy (non-hydrogen) atoms. The van der Waals surface area contributed by atoms with Crippen molar-refractivity contribution in [2.24, 2.45) is 0 Å². The lowest BCUT2D eigenvalue weighted by molar-refractivity contribution is -0.111. The van der Waals surface area contributed by atoms with Gasteiger partial charge in [-0.2, -0.15) is 0 Å². The molecule has 1 fully saturated rings. The number of nitrogens with one attached hydrogen (secondary N) is 2. The van der Waals surface area contributed by atoms with E-state index in [0.29, 0.717) is 22.4 Å². The zero-order valence-corrected chi connectivity index (χ0v) is 18.5. The van der Waals surface area contributed by atoms with Crippen LogP contribution in [0.15, 0.2) is 67.4 Å². The highest BCUT2D eigenvalue weighted by Crippen LogP contribution is 2.29. The molecule has 1 saturated heterocycles. The number of anilines is 4. The molecule has 1 aromatic heterocycles. The maximum absolute atomic E-state index is 11.6. The first-order valence-electron chi connectivity index (χ1n) is 10.3. The molecule has 7 nitrogen and oxygen atoms in total. The second-order valence-corrected chi connectivity index (χ2v) is 7.87. The van der Waals surface area contributed by atoms with Crippen molar-refractivity contribution >= 4 is 40.5 Å². The Labute approximate surface area is 192 Å². The van der Waals surface area contributed by atoms with Crippen LogP contribution < -0.4 is 15.5 Å². The molecule has 0 aliphatic carbocycles. The first kappa shape index (κ1) is 21.8. The molecule has 1 aliphatic heterocycles. The maximum Gasteiger partial charge on any atom is 0.247 e. The Morgan fingerprint density at radius 1 is 1.25 bits per heavy atom. The zero-order valence-electron chi connectivity index (χ0n) is 17.7. The fourth-order valence-electron chi connectivity index (χ4n) is 3.53. The van der Waals surface area contributed by atoms with Gasteiger partial charge in [0.15, 0.2) is 0 Å². The Morgan fingerprint density at radius 3 is 2.88 bits per heavy atom. The summed E-state index contributed by atoms with van der Waals surface area (Å²) in [5.41, 5.74) is 3.95. The van der Waals surface area contributed by atoms with Gasteiger partial charge in [-0.05, 0) is 43.3 Å². The third-order valence-corrected chi connectivity index (χ3v) is 5.32.